The van der Waals surface area contributed by atoms with Gasteiger partial charge < -0.3 is 82.1 Å². The van der Waals surface area contributed by atoms with Crippen LogP contribution >= 0.6 is 0 Å². The lowest BCUT2D eigenvalue weighted by Gasteiger charge is -2.54. The summed E-state index contributed by atoms with van der Waals surface area (Å²) >= 11 is 0. The van der Waals surface area contributed by atoms with Crippen molar-refractivity contribution in [3.05, 3.63) is 35.3 Å². The van der Waals surface area contributed by atoms with Crippen molar-refractivity contribution in [3.8, 4) is 0 Å². The van der Waals surface area contributed by atoms with Crippen LogP contribution in [0.3, 0.4) is 0 Å². The number of ketones is 1. The summed E-state index contributed by atoms with van der Waals surface area (Å²) in [5, 5.41) is 52.3. The van der Waals surface area contributed by atoms with Crippen LogP contribution in [0.4, 0.5) is 0 Å². The van der Waals surface area contributed by atoms with E-state index < -0.39 is 123 Å². The fourth-order valence-corrected chi connectivity index (χ4v) is 12.1. The van der Waals surface area contributed by atoms with Crippen molar-refractivity contribution in [2.45, 2.75) is 209 Å². The second-order valence-corrected chi connectivity index (χ2v) is 19.6. The Kier molecular flexibility index (Phi) is 15.7. The van der Waals surface area contributed by atoms with E-state index in [-0.39, 0.29) is 35.4 Å². The first-order valence-corrected chi connectivity index (χ1v) is 23.5. The van der Waals surface area contributed by atoms with E-state index in [1.807, 2.05) is 26.8 Å². The summed E-state index contributed by atoms with van der Waals surface area (Å²) < 4.78 is 73.7. The van der Waals surface area contributed by atoms with Gasteiger partial charge in [0.15, 0.2) is 25.2 Å². The van der Waals surface area contributed by atoms with Gasteiger partial charge in [0.2, 0.25) is 0 Å². The first-order chi connectivity index (χ1) is 31.1. The maximum Gasteiger partial charge on any atom is 0.187 e. The number of aliphatic hydroxyl groups is 5. The molecule has 5 N–H and O–H groups in total. The SMILES string of the molecule is CO[C@H]1C[C@H](O[C@H]2[C@@H](OC)C[C@H](O[C@@H]3CC4=CC[C@H]5C(=O)[C@@H](c6ccoc6C)CC[C@@H]5[C@@]4(C)C[C@H]3O)O[C@@H]2C)O[C@@H](C)[C@H]1O[C@H]1C[C@H](OC)[C@H](O[C@@H]2O[C@H](CO)[C@@H](O)[C@H](O)[C@H]2O)[C@@H](C)O1. The quantitative estimate of drug-likeness (QED) is 0.179. The molecule has 0 bridgehead atoms. The zero-order valence-electron chi connectivity index (χ0n) is 38.8. The molecule has 0 radical (unpaired) electrons. The second-order valence-electron chi connectivity index (χ2n) is 19.6. The molecular weight excluding hydrogens is 852 g/mol. The Morgan fingerprint density at radius 1 is 0.723 bits per heavy atom. The highest BCUT2D eigenvalue weighted by Crippen LogP contribution is 2.58. The zero-order chi connectivity index (χ0) is 46.5. The van der Waals surface area contributed by atoms with E-state index >= 15 is 0 Å². The number of Topliss-reactive ketones (excluding diaryl/α,β-unsaturated/α-hetero) is 1. The largest absolute Gasteiger partial charge is 0.469 e. The molecule has 1 aromatic rings. The number of carbonyl (C=O) groups is 1. The van der Waals surface area contributed by atoms with Gasteiger partial charge in [-0.25, -0.2) is 0 Å². The van der Waals surface area contributed by atoms with Gasteiger partial charge in [-0.15, -0.1) is 0 Å². The van der Waals surface area contributed by atoms with Crippen molar-refractivity contribution in [1.29, 1.82) is 0 Å². The summed E-state index contributed by atoms with van der Waals surface area (Å²) in [4.78, 5) is 13.9. The van der Waals surface area contributed by atoms with Crippen LogP contribution in [0.15, 0.2) is 28.4 Å². The fourth-order valence-electron chi connectivity index (χ4n) is 12.1. The molecule has 23 atom stereocenters. The van der Waals surface area contributed by atoms with Gasteiger partial charge in [0.25, 0.3) is 0 Å². The molecular formula is C47H72O18. The molecule has 5 heterocycles. The lowest BCUT2D eigenvalue weighted by atomic mass is 9.51. The Balaban J connectivity index is 0.835. The number of aliphatic hydroxyl groups excluding tert-OH is 5. The number of allylic oxidation sites excluding steroid dienone is 1. The third kappa shape index (κ3) is 9.81. The highest BCUT2D eigenvalue weighted by Gasteiger charge is 2.55. The molecule has 0 spiro atoms. The zero-order valence-corrected chi connectivity index (χ0v) is 38.8. The molecule has 8 rings (SSSR count). The van der Waals surface area contributed by atoms with Crippen LogP contribution in [-0.2, 0) is 56.9 Å². The monoisotopic (exact) mass is 924 g/mol. The minimum absolute atomic E-state index is 0.0811. The summed E-state index contributed by atoms with van der Waals surface area (Å²) in [6, 6.07) is 1.93. The number of furan rings is 1. The molecule has 7 aliphatic rings. The predicted octanol–water partition coefficient (Wildman–Crippen LogP) is 2.55. The van der Waals surface area contributed by atoms with E-state index in [1.165, 1.54) is 12.7 Å². The predicted molar refractivity (Wildman–Crippen MR) is 226 cm³/mol. The number of fused-ring (bicyclic) bond motifs is 3. The molecule has 1 aromatic heterocycles. The molecule has 18 heteroatoms. The van der Waals surface area contributed by atoms with Crippen LogP contribution in [0, 0.1) is 24.2 Å². The van der Waals surface area contributed by atoms with Crippen LogP contribution in [0.2, 0.25) is 0 Å². The maximum atomic E-state index is 13.9. The van der Waals surface area contributed by atoms with Crippen molar-refractivity contribution < 1.29 is 86.8 Å². The highest BCUT2D eigenvalue weighted by molar-refractivity contribution is 5.89. The number of rotatable bonds is 13. The summed E-state index contributed by atoms with van der Waals surface area (Å²) in [7, 11) is 4.76. The van der Waals surface area contributed by atoms with Crippen molar-refractivity contribution >= 4 is 5.78 Å². The summed E-state index contributed by atoms with van der Waals surface area (Å²) in [6.45, 7) is 9.11. The molecule has 3 aliphatic carbocycles. The van der Waals surface area contributed by atoms with Crippen molar-refractivity contribution in [2.24, 2.45) is 17.3 Å². The first kappa shape index (κ1) is 49.5. The average Bonchev–Trinajstić information content (AvgIpc) is 3.71. The van der Waals surface area contributed by atoms with Gasteiger partial charge in [0, 0.05) is 58.0 Å². The van der Waals surface area contributed by atoms with Crippen LogP contribution in [0.5, 0.6) is 0 Å². The van der Waals surface area contributed by atoms with E-state index in [4.69, 9.17) is 56.5 Å². The van der Waals surface area contributed by atoms with Gasteiger partial charge in [-0.2, -0.15) is 0 Å². The van der Waals surface area contributed by atoms with Crippen LogP contribution in [0.1, 0.15) is 96.3 Å². The number of carbonyl (C=O) groups excluding carboxylic acids is 1. The summed E-state index contributed by atoms with van der Waals surface area (Å²) in [6.07, 6.45) is -6.91. The molecule has 0 unspecified atom stereocenters. The minimum Gasteiger partial charge on any atom is -0.469 e. The first-order valence-electron chi connectivity index (χ1n) is 23.5. The standard InChI is InChI=1S/C47H72O18/c1-21-26(13-14-57-21)27-11-12-29-28(39(27)50)10-9-25-15-31(30(49)19-47(25,29)5)61-36-16-32(54-6)43(22(2)58-36)63-37-17-33(55-7)44(23(3)59-37)64-38-18-34(56-8)45(24(4)60-38)65-46-42(53)41(52)40(51)35(20-48)62-46/h9,13-14,22-24,27-38,40-46,48-49,51-53H,10-12,15-20H2,1-8H3/t22-,23+,24-,27-,28-,29+,30-,31-,32+,33+,34+,35-,36+,37+,38+,40-,41+,42-,43-,44-,45-,46+,47+/m1/s1. The molecule has 18 nitrogen and oxygen atoms in total. The summed E-state index contributed by atoms with van der Waals surface area (Å²) in [5.74, 6) is 1.04. The number of hydrogen-bond donors (Lipinski definition) is 5. The lowest BCUT2D eigenvalue weighted by molar-refractivity contribution is -0.357. The van der Waals surface area contributed by atoms with Crippen LogP contribution < -0.4 is 0 Å². The Morgan fingerprint density at radius 2 is 1.28 bits per heavy atom. The molecule has 2 saturated carbocycles. The van der Waals surface area contributed by atoms with E-state index in [1.54, 1.807) is 27.4 Å². The molecule has 4 aliphatic heterocycles. The molecule has 0 aromatic carbocycles. The van der Waals surface area contributed by atoms with Crippen molar-refractivity contribution in [3.63, 3.8) is 0 Å². The van der Waals surface area contributed by atoms with Gasteiger partial charge in [-0.1, -0.05) is 18.6 Å². The smallest absolute Gasteiger partial charge is 0.187 e. The number of hydrogen-bond acceptors (Lipinski definition) is 18. The molecule has 65 heavy (non-hydrogen) atoms. The Labute approximate surface area is 381 Å². The molecule has 0 amide bonds. The minimum atomic E-state index is -1.59. The number of methoxy groups -OCH3 is 3. The van der Waals surface area contributed by atoms with E-state index in [9.17, 15) is 30.3 Å². The Hall–Kier alpha value is -1.95. The number of aryl methyl sites for hydroxylation is 1. The van der Waals surface area contributed by atoms with Crippen molar-refractivity contribution in [1.82, 2.24) is 0 Å². The van der Waals surface area contributed by atoms with E-state index in [0.717, 1.165) is 24.2 Å². The van der Waals surface area contributed by atoms with Gasteiger partial charge in [-0.3, -0.25) is 4.79 Å². The number of ether oxygens (including phenoxy) is 11. The molecule has 4 saturated heterocycles. The average molecular weight is 925 g/mol. The third-order valence-corrected chi connectivity index (χ3v) is 15.7. The van der Waals surface area contributed by atoms with Crippen LogP contribution in [-0.4, -0.2) is 176 Å². The molecule has 368 valence electrons. The van der Waals surface area contributed by atoms with Gasteiger partial charge >= 0.3 is 0 Å². The van der Waals surface area contributed by atoms with Crippen molar-refractivity contribution in [2.75, 3.05) is 27.9 Å². The maximum absolute atomic E-state index is 13.9. The third-order valence-electron chi connectivity index (χ3n) is 15.7. The normalized spacial score (nSPS) is 48.3. The molecule has 6 fully saturated rings. The van der Waals surface area contributed by atoms with Crippen LogP contribution in [0.25, 0.3) is 0 Å². The van der Waals surface area contributed by atoms with Gasteiger partial charge in [0.05, 0.1) is 61.7 Å². The van der Waals surface area contributed by atoms with E-state index in [2.05, 4.69) is 13.0 Å². The van der Waals surface area contributed by atoms with E-state index in [0.29, 0.717) is 32.1 Å². The highest BCUT2D eigenvalue weighted by atomic mass is 16.8. The Morgan fingerprint density at radius 3 is 1.80 bits per heavy atom. The fraction of sp³-hybridized carbons (Fsp3) is 0.851. The lowest BCUT2D eigenvalue weighted by Crippen LogP contribution is -2.62. The second kappa shape index (κ2) is 20.6. The Bertz CT molecular complexity index is 1770. The van der Waals surface area contributed by atoms with Gasteiger partial charge in [0.1, 0.15) is 54.3 Å². The topological polar surface area (TPSA) is 233 Å². The van der Waals surface area contributed by atoms with Gasteiger partial charge in [-0.05, 0) is 77.2 Å². The summed E-state index contributed by atoms with van der Waals surface area (Å²) in [5.41, 5.74) is 1.95.